The quantitative estimate of drug-likeness (QED) is 0.864. The van der Waals surface area contributed by atoms with Crippen molar-refractivity contribution in [1.29, 1.82) is 0 Å². The third-order valence-corrected chi connectivity index (χ3v) is 5.26. The second-order valence-corrected chi connectivity index (χ2v) is 7.09. The maximum Gasteiger partial charge on any atom is 0.0322 e. The number of benzene rings is 1. The van der Waals surface area contributed by atoms with Crippen molar-refractivity contribution < 1.29 is 4.21 Å². The van der Waals surface area contributed by atoms with E-state index in [-0.39, 0.29) is 0 Å². The Morgan fingerprint density at radius 1 is 1.26 bits per heavy atom. The summed E-state index contributed by atoms with van der Waals surface area (Å²) in [7, 11) is -0.566. The highest BCUT2D eigenvalue weighted by Gasteiger charge is 2.21. The molecule has 0 radical (unpaired) electrons. The highest BCUT2D eigenvalue weighted by atomic mass is 32.2. The van der Waals surface area contributed by atoms with Crippen LogP contribution in [0.1, 0.15) is 50.6 Å². The molecule has 2 nitrogen and oxygen atoms in total. The van der Waals surface area contributed by atoms with Gasteiger partial charge < -0.3 is 5.32 Å². The van der Waals surface area contributed by atoms with Crippen LogP contribution in [0.3, 0.4) is 0 Å². The number of hydrogen-bond donors (Lipinski definition) is 1. The van der Waals surface area contributed by atoms with Gasteiger partial charge in [0.25, 0.3) is 0 Å². The first-order valence-electron chi connectivity index (χ1n) is 7.45. The molecular formula is C16H25NOS. The summed E-state index contributed by atoms with van der Waals surface area (Å²) in [6.07, 6.45) is 5.80. The second kappa shape index (κ2) is 7.81. The van der Waals surface area contributed by atoms with Crippen LogP contribution in [0.2, 0.25) is 0 Å². The summed E-state index contributed by atoms with van der Waals surface area (Å²) in [5, 5.41) is 3.79. The van der Waals surface area contributed by atoms with E-state index in [1.165, 1.54) is 24.8 Å². The first-order chi connectivity index (χ1) is 9.29. The van der Waals surface area contributed by atoms with Crippen molar-refractivity contribution in [3.05, 3.63) is 35.9 Å². The molecule has 1 atom stereocenters. The molecule has 106 valence electrons. The molecule has 0 aromatic heterocycles. The Hall–Kier alpha value is -0.670. The van der Waals surface area contributed by atoms with E-state index < -0.39 is 10.8 Å². The van der Waals surface area contributed by atoms with Gasteiger partial charge in [-0.25, -0.2) is 0 Å². The molecule has 3 heteroatoms. The molecule has 1 heterocycles. The van der Waals surface area contributed by atoms with Gasteiger partial charge in [-0.15, -0.1) is 0 Å². The van der Waals surface area contributed by atoms with Crippen molar-refractivity contribution in [2.24, 2.45) is 0 Å². The van der Waals surface area contributed by atoms with Crippen LogP contribution in [0.15, 0.2) is 30.3 Å². The first-order valence-corrected chi connectivity index (χ1v) is 8.94. The third kappa shape index (κ3) is 4.73. The summed E-state index contributed by atoms with van der Waals surface area (Å²) >= 11 is 0. The van der Waals surface area contributed by atoms with Gasteiger partial charge >= 0.3 is 0 Å². The SMILES string of the molecule is CCCCC(NC1CCS(=O)CC1)c1ccccc1. The monoisotopic (exact) mass is 279 g/mol. The molecular weight excluding hydrogens is 254 g/mol. The predicted octanol–water partition coefficient (Wildman–Crippen LogP) is 3.42. The maximum absolute atomic E-state index is 11.4. The molecule has 0 amide bonds. The van der Waals surface area contributed by atoms with E-state index in [9.17, 15) is 4.21 Å². The Balaban J connectivity index is 1.96. The van der Waals surface area contributed by atoms with Crippen LogP contribution in [0.5, 0.6) is 0 Å². The second-order valence-electron chi connectivity index (χ2n) is 5.39. The van der Waals surface area contributed by atoms with Crippen molar-refractivity contribution in [3.8, 4) is 0 Å². The molecule has 1 saturated heterocycles. The number of rotatable bonds is 6. The van der Waals surface area contributed by atoms with Crippen molar-refractivity contribution in [3.63, 3.8) is 0 Å². The normalized spacial score (nSPS) is 25.1. The smallest absolute Gasteiger partial charge is 0.0322 e. The fourth-order valence-electron chi connectivity index (χ4n) is 2.68. The van der Waals surface area contributed by atoms with E-state index in [0.717, 1.165) is 24.3 Å². The van der Waals surface area contributed by atoms with Crippen LogP contribution in [-0.2, 0) is 10.8 Å². The van der Waals surface area contributed by atoms with Crippen LogP contribution in [0, 0.1) is 0 Å². The lowest BCUT2D eigenvalue weighted by Gasteiger charge is -2.28. The lowest BCUT2D eigenvalue weighted by Crippen LogP contribution is -2.38. The van der Waals surface area contributed by atoms with E-state index in [4.69, 9.17) is 0 Å². The van der Waals surface area contributed by atoms with Crippen molar-refractivity contribution in [2.45, 2.75) is 51.1 Å². The minimum absolute atomic E-state index is 0.456. The number of nitrogens with one attached hydrogen (secondary N) is 1. The van der Waals surface area contributed by atoms with Crippen molar-refractivity contribution in [1.82, 2.24) is 5.32 Å². The van der Waals surface area contributed by atoms with Gasteiger partial charge in [-0.05, 0) is 24.8 Å². The molecule has 0 aliphatic carbocycles. The summed E-state index contributed by atoms with van der Waals surface area (Å²) < 4.78 is 11.4. The van der Waals surface area contributed by atoms with E-state index >= 15 is 0 Å². The van der Waals surface area contributed by atoms with E-state index in [1.54, 1.807) is 0 Å². The Morgan fingerprint density at radius 3 is 2.58 bits per heavy atom. The van der Waals surface area contributed by atoms with Crippen LogP contribution >= 0.6 is 0 Å². The zero-order chi connectivity index (χ0) is 13.5. The third-order valence-electron chi connectivity index (χ3n) is 3.87. The zero-order valence-electron chi connectivity index (χ0n) is 11.8. The van der Waals surface area contributed by atoms with Crippen LogP contribution in [-0.4, -0.2) is 21.8 Å². The minimum atomic E-state index is -0.566. The van der Waals surface area contributed by atoms with Crippen molar-refractivity contribution >= 4 is 10.8 Å². The maximum atomic E-state index is 11.4. The fourth-order valence-corrected chi connectivity index (χ4v) is 3.98. The molecule has 0 bridgehead atoms. The minimum Gasteiger partial charge on any atom is -0.307 e. The van der Waals surface area contributed by atoms with Crippen LogP contribution in [0.4, 0.5) is 0 Å². The number of hydrogen-bond acceptors (Lipinski definition) is 2. The van der Waals surface area contributed by atoms with Gasteiger partial charge in [0.15, 0.2) is 0 Å². The standard InChI is InChI=1S/C16H25NOS/c1-2-3-9-16(14-7-5-4-6-8-14)17-15-10-12-19(18)13-11-15/h4-8,15-17H,2-3,9-13H2,1H3. The lowest BCUT2D eigenvalue weighted by atomic mass is 9.99. The Morgan fingerprint density at radius 2 is 1.95 bits per heavy atom. The predicted molar refractivity (Wildman–Crippen MR) is 82.7 cm³/mol. The number of unbranched alkanes of at least 4 members (excludes halogenated alkanes) is 1. The molecule has 1 fully saturated rings. The average Bonchev–Trinajstić information content (AvgIpc) is 2.46. The Labute approximate surface area is 119 Å². The van der Waals surface area contributed by atoms with Crippen LogP contribution in [0.25, 0.3) is 0 Å². The largest absolute Gasteiger partial charge is 0.307 e. The Bertz CT molecular complexity index is 383. The summed E-state index contributed by atoms with van der Waals surface area (Å²) in [6, 6.07) is 11.7. The summed E-state index contributed by atoms with van der Waals surface area (Å²) in [6.45, 7) is 2.24. The van der Waals surface area contributed by atoms with Gasteiger partial charge in [0, 0.05) is 34.4 Å². The highest BCUT2D eigenvalue weighted by Crippen LogP contribution is 2.22. The van der Waals surface area contributed by atoms with Gasteiger partial charge in [0.05, 0.1) is 0 Å². The van der Waals surface area contributed by atoms with E-state index in [2.05, 4.69) is 42.6 Å². The van der Waals surface area contributed by atoms with E-state index in [1.807, 2.05) is 0 Å². The molecule has 1 aliphatic heterocycles. The molecule has 1 aromatic carbocycles. The van der Waals surface area contributed by atoms with Gasteiger partial charge in [-0.1, -0.05) is 50.1 Å². The summed E-state index contributed by atoms with van der Waals surface area (Å²) in [5.74, 6) is 1.74. The first kappa shape index (κ1) is 14.7. The fraction of sp³-hybridized carbons (Fsp3) is 0.625. The molecule has 1 N–H and O–H groups in total. The summed E-state index contributed by atoms with van der Waals surface area (Å²) in [4.78, 5) is 0. The summed E-state index contributed by atoms with van der Waals surface area (Å²) in [5.41, 5.74) is 1.39. The molecule has 0 spiro atoms. The molecule has 2 rings (SSSR count). The molecule has 0 saturated carbocycles. The Kier molecular flexibility index (Phi) is 6.05. The van der Waals surface area contributed by atoms with Gasteiger partial charge in [0.1, 0.15) is 0 Å². The molecule has 1 unspecified atom stereocenters. The zero-order valence-corrected chi connectivity index (χ0v) is 12.6. The molecule has 1 aromatic rings. The lowest BCUT2D eigenvalue weighted by molar-refractivity contribution is 0.387. The molecule has 19 heavy (non-hydrogen) atoms. The van der Waals surface area contributed by atoms with Gasteiger partial charge in [-0.3, -0.25) is 4.21 Å². The van der Waals surface area contributed by atoms with Gasteiger partial charge in [-0.2, -0.15) is 0 Å². The van der Waals surface area contributed by atoms with Gasteiger partial charge in [0.2, 0.25) is 0 Å². The van der Waals surface area contributed by atoms with Crippen LogP contribution < -0.4 is 5.32 Å². The topological polar surface area (TPSA) is 29.1 Å². The van der Waals surface area contributed by atoms with Crippen molar-refractivity contribution in [2.75, 3.05) is 11.5 Å². The highest BCUT2D eigenvalue weighted by molar-refractivity contribution is 7.85. The average molecular weight is 279 g/mol. The molecule has 1 aliphatic rings. The van der Waals surface area contributed by atoms with E-state index in [0.29, 0.717) is 12.1 Å².